The molecule has 0 aliphatic carbocycles. The zero-order valence-corrected chi connectivity index (χ0v) is 15.6. The fourth-order valence-corrected chi connectivity index (χ4v) is 3.04. The summed E-state index contributed by atoms with van der Waals surface area (Å²) in [6, 6.07) is 3.67. The normalized spacial score (nSPS) is 11.4. The Morgan fingerprint density at radius 3 is 2.88 bits per heavy atom. The number of ether oxygens (including phenoxy) is 1. The van der Waals surface area contributed by atoms with Crippen LogP contribution in [0.15, 0.2) is 30.6 Å². The van der Waals surface area contributed by atoms with Gasteiger partial charge in [0.2, 0.25) is 0 Å². The van der Waals surface area contributed by atoms with Gasteiger partial charge < -0.3 is 4.74 Å². The molecule has 3 aromatic heterocycles. The average Bonchev–Trinajstić information content (AvgIpc) is 3.02. The summed E-state index contributed by atoms with van der Waals surface area (Å²) in [6.07, 6.45) is 6.58. The Morgan fingerprint density at radius 1 is 1.38 bits per heavy atom. The van der Waals surface area contributed by atoms with E-state index in [1.807, 2.05) is 24.6 Å². The van der Waals surface area contributed by atoms with Crippen LogP contribution in [0.1, 0.15) is 25.1 Å². The summed E-state index contributed by atoms with van der Waals surface area (Å²) in [5, 5.41) is 5.71. The predicted molar refractivity (Wildman–Crippen MR) is 102 cm³/mol. The highest BCUT2D eigenvalue weighted by Gasteiger charge is 2.17. The Balaban J connectivity index is 2.27. The van der Waals surface area contributed by atoms with Crippen LogP contribution in [0, 0.1) is 6.92 Å². The van der Waals surface area contributed by atoms with Gasteiger partial charge in [-0.15, -0.1) is 0 Å². The molecule has 0 spiro atoms. The summed E-state index contributed by atoms with van der Waals surface area (Å²) in [4.78, 5) is 20.5. The minimum Gasteiger partial charge on any atom is -0.463 e. The van der Waals surface area contributed by atoms with Crippen LogP contribution in [0.5, 0.6) is 0 Å². The highest BCUT2D eigenvalue weighted by molar-refractivity contribution is 6.29. The number of aryl methyl sites for hydroxylation is 2. The quantitative estimate of drug-likeness (QED) is 0.385. The number of esters is 1. The molecule has 0 unspecified atom stereocenters. The molecule has 0 saturated heterocycles. The summed E-state index contributed by atoms with van der Waals surface area (Å²) in [5.41, 5.74) is 4.21. The van der Waals surface area contributed by atoms with Gasteiger partial charge in [0.1, 0.15) is 5.15 Å². The summed E-state index contributed by atoms with van der Waals surface area (Å²) in [7, 11) is 0. The first kappa shape index (κ1) is 18.1. The first-order valence-electron chi connectivity index (χ1n) is 8.38. The highest BCUT2D eigenvalue weighted by Crippen LogP contribution is 2.34. The molecule has 0 aromatic carbocycles. The number of hydrogen-bond acceptors (Lipinski definition) is 5. The lowest BCUT2D eigenvalue weighted by atomic mass is 9.97. The highest BCUT2D eigenvalue weighted by atomic mass is 35.5. The van der Waals surface area contributed by atoms with Crippen LogP contribution in [0.4, 0.5) is 0 Å². The van der Waals surface area contributed by atoms with Crippen LogP contribution in [-0.4, -0.2) is 32.3 Å². The summed E-state index contributed by atoms with van der Waals surface area (Å²) in [6.45, 7) is 6.73. The van der Waals surface area contributed by atoms with Crippen molar-refractivity contribution in [1.82, 2.24) is 19.7 Å². The van der Waals surface area contributed by atoms with E-state index in [1.54, 1.807) is 31.5 Å². The number of pyridine rings is 2. The van der Waals surface area contributed by atoms with Crippen molar-refractivity contribution < 1.29 is 9.53 Å². The Bertz CT molecular complexity index is 995. The van der Waals surface area contributed by atoms with Crippen molar-refractivity contribution in [3.05, 3.63) is 47.0 Å². The van der Waals surface area contributed by atoms with Gasteiger partial charge in [0.25, 0.3) is 0 Å². The molecule has 0 atom stereocenters. The lowest BCUT2D eigenvalue weighted by Crippen LogP contribution is -2.02. The zero-order valence-electron chi connectivity index (χ0n) is 14.9. The van der Waals surface area contributed by atoms with Crippen LogP contribution >= 0.6 is 11.6 Å². The maximum Gasteiger partial charge on any atom is 0.330 e. The van der Waals surface area contributed by atoms with Crippen molar-refractivity contribution in [2.24, 2.45) is 0 Å². The second-order valence-corrected chi connectivity index (χ2v) is 6.02. The van der Waals surface area contributed by atoms with Crippen LogP contribution in [-0.2, 0) is 16.1 Å². The molecular formula is C19H19ClN4O2. The molecule has 3 aromatic rings. The molecule has 0 aliphatic rings. The van der Waals surface area contributed by atoms with E-state index >= 15 is 0 Å². The minimum atomic E-state index is -0.394. The van der Waals surface area contributed by atoms with Gasteiger partial charge in [0.05, 0.1) is 12.8 Å². The molecular weight excluding hydrogens is 352 g/mol. The SMILES string of the molecule is CCOC(=O)C=Cc1c(C)nc2c(cnn2CC)c1-c1ccnc(Cl)c1. The Hall–Kier alpha value is -2.73. The van der Waals surface area contributed by atoms with Gasteiger partial charge >= 0.3 is 5.97 Å². The molecule has 26 heavy (non-hydrogen) atoms. The lowest BCUT2D eigenvalue weighted by Gasteiger charge is -2.12. The molecule has 6 nitrogen and oxygen atoms in total. The largest absolute Gasteiger partial charge is 0.463 e. The number of rotatable bonds is 5. The van der Waals surface area contributed by atoms with Crippen LogP contribution in [0.2, 0.25) is 5.15 Å². The first-order chi connectivity index (χ1) is 12.5. The summed E-state index contributed by atoms with van der Waals surface area (Å²) >= 11 is 6.10. The van der Waals surface area contributed by atoms with E-state index in [0.29, 0.717) is 18.3 Å². The molecule has 0 radical (unpaired) electrons. The zero-order chi connectivity index (χ0) is 18.7. The van der Waals surface area contributed by atoms with Crippen molar-refractivity contribution >= 4 is 34.7 Å². The molecule has 0 bridgehead atoms. The standard InChI is InChI=1S/C19H19ClN4O2/c1-4-24-19-15(11-22-24)18(13-8-9-21-16(20)10-13)14(12(3)23-19)6-7-17(25)26-5-2/h6-11H,4-5H2,1-3H3. The van der Waals surface area contributed by atoms with Crippen LogP contribution < -0.4 is 0 Å². The topological polar surface area (TPSA) is 69.9 Å². The van der Waals surface area contributed by atoms with Crippen molar-refractivity contribution in [3.63, 3.8) is 0 Å². The number of halogens is 1. The van der Waals surface area contributed by atoms with Gasteiger partial charge in [-0.3, -0.25) is 0 Å². The molecule has 0 fully saturated rings. The van der Waals surface area contributed by atoms with Crippen molar-refractivity contribution in [2.45, 2.75) is 27.3 Å². The molecule has 3 rings (SSSR count). The maximum absolute atomic E-state index is 11.8. The fraction of sp³-hybridized carbons (Fsp3) is 0.263. The molecule has 0 saturated carbocycles. The molecule has 3 heterocycles. The van der Waals surface area contributed by atoms with Gasteiger partial charge in [-0.05, 0) is 44.5 Å². The Morgan fingerprint density at radius 2 is 2.19 bits per heavy atom. The smallest absolute Gasteiger partial charge is 0.330 e. The van der Waals surface area contributed by atoms with Crippen LogP contribution in [0.3, 0.4) is 0 Å². The third-order valence-electron chi connectivity index (χ3n) is 4.00. The Kier molecular flexibility index (Phi) is 5.32. The number of hydrogen-bond donors (Lipinski definition) is 0. The lowest BCUT2D eigenvalue weighted by molar-refractivity contribution is -0.137. The summed E-state index contributed by atoms with van der Waals surface area (Å²) in [5.74, 6) is -0.394. The average molecular weight is 371 g/mol. The number of fused-ring (bicyclic) bond motifs is 1. The second kappa shape index (κ2) is 7.66. The first-order valence-corrected chi connectivity index (χ1v) is 8.75. The van der Waals surface area contributed by atoms with Crippen molar-refractivity contribution in [3.8, 4) is 11.1 Å². The predicted octanol–water partition coefficient (Wildman–Crippen LogP) is 4.05. The second-order valence-electron chi connectivity index (χ2n) is 5.64. The Labute approximate surface area is 156 Å². The third-order valence-corrected chi connectivity index (χ3v) is 4.21. The molecule has 0 amide bonds. The van der Waals surface area contributed by atoms with Gasteiger partial charge in [-0.2, -0.15) is 5.10 Å². The van der Waals surface area contributed by atoms with E-state index in [9.17, 15) is 4.79 Å². The molecule has 0 aliphatic heterocycles. The molecule has 0 N–H and O–H groups in total. The van der Waals surface area contributed by atoms with E-state index in [1.165, 1.54) is 6.08 Å². The maximum atomic E-state index is 11.8. The van der Waals surface area contributed by atoms with Gasteiger partial charge in [-0.1, -0.05) is 11.6 Å². The van der Waals surface area contributed by atoms with Gasteiger partial charge in [-0.25, -0.2) is 19.4 Å². The molecule has 134 valence electrons. The van der Waals surface area contributed by atoms with E-state index in [0.717, 1.165) is 33.4 Å². The van der Waals surface area contributed by atoms with E-state index in [-0.39, 0.29) is 0 Å². The van der Waals surface area contributed by atoms with Gasteiger partial charge in [0, 0.05) is 41.0 Å². The molecule has 7 heteroatoms. The monoisotopic (exact) mass is 370 g/mol. The number of aromatic nitrogens is 4. The number of nitrogens with zero attached hydrogens (tertiary/aromatic N) is 4. The third kappa shape index (κ3) is 3.46. The van der Waals surface area contributed by atoms with Crippen molar-refractivity contribution in [2.75, 3.05) is 6.61 Å². The fourth-order valence-electron chi connectivity index (χ4n) is 2.86. The number of carbonyl (C=O) groups excluding carboxylic acids is 1. The number of carbonyl (C=O) groups is 1. The minimum absolute atomic E-state index is 0.329. The van der Waals surface area contributed by atoms with E-state index in [2.05, 4.69) is 15.1 Å². The van der Waals surface area contributed by atoms with Gasteiger partial charge in [0.15, 0.2) is 5.65 Å². The van der Waals surface area contributed by atoms with Crippen LogP contribution in [0.25, 0.3) is 28.2 Å². The van der Waals surface area contributed by atoms with E-state index in [4.69, 9.17) is 16.3 Å². The summed E-state index contributed by atoms with van der Waals surface area (Å²) < 4.78 is 6.82. The van der Waals surface area contributed by atoms with Crippen molar-refractivity contribution in [1.29, 1.82) is 0 Å². The van der Waals surface area contributed by atoms with E-state index < -0.39 is 5.97 Å².